The van der Waals surface area contributed by atoms with Crippen molar-refractivity contribution in [3.63, 3.8) is 0 Å². The van der Waals surface area contributed by atoms with Gasteiger partial charge in [0.25, 0.3) is 0 Å². The van der Waals surface area contributed by atoms with E-state index < -0.39 is 5.97 Å². The molecule has 0 amide bonds. The van der Waals surface area contributed by atoms with Crippen molar-refractivity contribution < 1.29 is 28.9 Å². The molecule has 6 heteroatoms. The van der Waals surface area contributed by atoms with Crippen molar-refractivity contribution in [2.75, 3.05) is 7.11 Å². The first-order valence-corrected chi connectivity index (χ1v) is 19.0. The third kappa shape index (κ3) is 12.0. The Morgan fingerprint density at radius 1 is 0.623 bits per heavy atom. The summed E-state index contributed by atoms with van der Waals surface area (Å²) in [6, 6.07) is 29.2. The predicted molar refractivity (Wildman–Crippen MR) is 212 cm³/mol. The van der Waals surface area contributed by atoms with Crippen LogP contribution in [0.15, 0.2) is 110 Å². The van der Waals surface area contributed by atoms with Crippen LogP contribution in [-0.4, -0.2) is 24.2 Å². The third-order valence-corrected chi connectivity index (χ3v) is 10.3. The van der Waals surface area contributed by atoms with Crippen LogP contribution in [0.25, 0.3) is 0 Å². The summed E-state index contributed by atoms with van der Waals surface area (Å²) in [5, 5.41) is 9.06. The number of carbonyl (C=O) groups is 2. The molecule has 0 fully saturated rings. The van der Waals surface area contributed by atoms with Crippen molar-refractivity contribution in [1.29, 1.82) is 0 Å². The van der Waals surface area contributed by atoms with Crippen LogP contribution in [0.3, 0.4) is 0 Å². The largest absolute Gasteiger partial charge is 0.489 e. The maximum absolute atomic E-state index is 11.6. The maximum Gasteiger partial charge on any atom is 0.306 e. The fourth-order valence-corrected chi connectivity index (χ4v) is 7.33. The van der Waals surface area contributed by atoms with Crippen molar-refractivity contribution in [3.8, 4) is 11.5 Å². The van der Waals surface area contributed by atoms with Gasteiger partial charge in [0.15, 0.2) is 0 Å². The molecule has 0 heterocycles. The van der Waals surface area contributed by atoms with E-state index in [0.29, 0.717) is 26.1 Å². The summed E-state index contributed by atoms with van der Waals surface area (Å²) in [6.07, 6.45) is 15.4. The van der Waals surface area contributed by atoms with Crippen molar-refractivity contribution in [1.82, 2.24) is 0 Å². The number of hydrogen-bond donors (Lipinski definition) is 1. The number of aryl methyl sites for hydroxylation is 4. The summed E-state index contributed by atoms with van der Waals surface area (Å²) in [5.74, 6) is 0.703. The normalized spacial score (nSPS) is 14.2. The van der Waals surface area contributed by atoms with Crippen LogP contribution in [-0.2, 0) is 53.2 Å². The molecule has 6 nitrogen and oxygen atoms in total. The fourth-order valence-electron chi connectivity index (χ4n) is 7.33. The van der Waals surface area contributed by atoms with Gasteiger partial charge in [-0.15, -0.1) is 13.2 Å². The molecule has 0 saturated carbocycles. The standard InChI is InChI=1S/C24H28O3.C23H26O3/c1-3-6-21(16-24(25)26-2)20-11-13-23(14-12-20)27-17-18-9-10-19-7-4-5-8-22(19)15-18;1-2-5-20(15-23(24)25)19-10-12-22(13-11-19)26-16-17-8-9-18-6-3-4-7-21(18)14-17/h3,9-15,21H,1,4-8,16-17H2,2H3;2,8-14,20H,1,3-7,15-16H2,(H,24,25)/t21-;20-/m00/s1. The molecule has 0 radical (unpaired) electrons. The topological polar surface area (TPSA) is 82.1 Å². The molecule has 0 aliphatic heterocycles. The lowest BCUT2D eigenvalue weighted by Crippen LogP contribution is -2.08. The summed E-state index contributed by atoms with van der Waals surface area (Å²) < 4.78 is 16.7. The van der Waals surface area contributed by atoms with Crippen LogP contribution < -0.4 is 9.47 Å². The van der Waals surface area contributed by atoms with Gasteiger partial charge >= 0.3 is 11.9 Å². The van der Waals surface area contributed by atoms with Gasteiger partial charge in [0.2, 0.25) is 0 Å². The minimum atomic E-state index is -0.787. The Morgan fingerprint density at radius 3 is 1.43 bits per heavy atom. The second kappa shape index (κ2) is 20.2. The van der Waals surface area contributed by atoms with Crippen LogP contribution in [0.5, 0.6) is 11.5 Å². The highest BCUT2D eigenvalue weighted by Gasteiger charge is 2.17. The van der Waals surface area contributed by atoms with E-state index in [4.69, 9.17) is 19.3 Å². The number of benzene rings is 4. The van der Waals surface area contributed by atoms with Crippen LogP contribution >= 0.6 is 0 Å². The number of esters is 1. The molecule has 0 saturated heterocycles. The molecule has 1 N–H and O–H groups in total. The molecule has 0 spiro atoms. The molecular formula is C47H54O6. The Balaban J connectivity index is 0.000000204. The van der Waals surface area contributed by atoms with E-state index in [1.807, 2.05) is 54.6 Å². The minimum absolute atomic E-state index is 0.0419. The average Bonchev–Trinajstić information content (AvgIpc) is 3.19. The first-order chi connectivity index (χ1) is 25.8. The number of methoxy groups -OCH3 is 1. The van der Waals surface area contributed by atoms with Crippen molar-refractivity contribution in [2.45, 2.75) is 102 Å². The first-order valence-electron chi connectivity index (χ1n) is 19.0. The molecule has 2 aliphatic carbocycles. The van der Waals surface area contributed by atoms with E-state index in [9.17, 15) is 9.59 Å². The highest BCUT2D eigenvalue weighted by atomic mass is 16.5. The maximum atomic E-state index is 11.6. The molecule has 0 aromatic heterocycles. The number of allylic oxidation sites excluding steroid dienone is 2. The van der Waals surface area contributed by atoms with Crippen molar-refractivity contribution in [3.05, 3.63) is 155 Å². The average molecular weight is 715 g/mol. The van der Waals surface area contributed by atoms with Gasteiger partial charge in [-0.3, -0.25) is 9.59 Å². The molecule has 278 valence electrons. The molecular weight excluding hydrogens is 661 g/mol. The van der Waals surface area contributed by atoms with Gasteiger partial charge in [-0.2, -0.15) is 0 Å². The first kappa shape index (κ1) is 39.1. The van der Waals surface area contributed by atoms with Crippen molar-refractivity contribution >= 4 is 11.9 Å². The fraction of sp³-hybridized carbons (Fsp3) is 0.362. The van der Waals surface area contributed by atoms with E-state index in [1.54, 1.807) is 6.08 Å². The van der Waals surface area contributed by atoms with Crippen molar-refractivity contribution in [2.24, 2.45) is 0 Å². The molecule has 0 bridgehead atoms. The number of fused-ring (bicyclic) bond motifs is 2. The van der Waals surface area contributed by atoms with Gasteiger partial charge in [0.05, 0.1) is 20.0 Å². The smallest absolute Gasteiger partial charge is 0.306 e. The van der Waals surface area contributed by atoms with Crippen LogP contribution in [0.1, 0.15) is 108 Å². The highest BCUT2D eigenvalue weighted by Crippen LogP contribution is 2.29. The number of carboxylic acids is 1. The summed E-state index contributed by atoms with van der Waals surface area (Å²) in [4.78, 5) is 22.6. The predicted octanol–water partition coefficient (Wildman–Crippen LogP) is 10.6. The number of hydrogen-bond acceptors (Lipinski definition) is 5. The monoisotopic (exact) mass is 714 g/mol. The molecule has 4 aromatic rings. The van der Waals surface area contributed by atoms with E-state index in [2.05, 4.69) is 49.6 Å². The van der Waals surface area contributed by atoms with Gasteiger partial charge in [0, 0.05) is 0 Å². The summed E-state index contributed by atoms with van der Waals surface area (Å²) in [7, 11) is 1.42. The Bertz CT molecular complexity index is 1810. The minimum Gasteiger partial charge on any atom is -0.489 e. The SMILES string of the molecule is C=CC[C@@H](CC(=O)O)c1ccc(OCc2ccc3c(c2)CCCC3)cc1.C=CC[C@@H](CC(=O)OC)c1ccc(OCc2ccc3c(c2)CCCC3)cc1. The van der Waals surface area contributed by atoms with Gasteiger partial charge in [-0.05, 0) is 145 Å². The molecule has 4 aromatic carbocycles. The molecule has 53 heavy (non-hydrogen) atoms. The number of aliphatic carboxylic acids is 1. The number of ether oxygens (including phenoxy) is 3. The number of carboxylic acid groups (broad SMARTS) is 1. The van der Waals surface area contributed by atoms with Gasteiger partial charge < -0.3 is 19.3 Å². The Labute approximate surface area is 315 Å². The van der Waals surface area contributed by atoms with Crippen LogP contribution in [0, 0.1) is 0 Å². The zero-order chi connectivity index (χ0) is 37.4. The lowest BCUT2D eigenvalue weighted by molar-refractivity contribution is -0.141. The third-order valence-electron chi connectivity index (χ3n) is 10.3. The quantitative estimate of drug-likeness (QED) is 0.0919. The highest BCUT2D eigenvalue weighted by molar-refractivity contribution is 5.70. The number of carbonyl (C=O) groups excluding carboxylic acids is 1. The second-order valence-corrected chi connectivity index (χ2v) is 14.2. The molecule has 2 atom stereocenters. The Kier molecular flexibility index (Phi) is 14.9. The van der Waals surface area contributed by atoms with E-state index >= 15 is 0 Å². The molecule has 6 rings (SSSR count). The summed E-state index contributed by atoms with van der Waals surface area (Å²) >= 11 is 0. The van der Waals surface area contributed by atoms with Crippen LogP contribution in [0.4, 0.5) is 0 Å². The van der Waals surface area contributed by atoms with Gasteiger partial charge in [0.1, 0.15) is 24.7 Å². The summed E-state index contributed by atoms with van der Waals surface area (Å²) in [5.41, 5.74) is 10.4. The zero-order valence-corrected chi connectivity index (χ0v) is 31.2. The lowest BCUT2D eigenvalue weighted by Gasteiger charge is -2.17. The Hall–Kier alpha value is -5.10. The van der Waals surface area contributed by atoms with E-state index in [0.717, 1.165) is 29.0 Å². The second-order valence-electron chi connectivity index (χ2n) is 14.2. The van der Waals surface area contributed by atoms with Crippen LogP contribution in [0.2, 0.25) is 0 Å². The molecule has 2 aliphatic rings. The van der Waals surface area contributed by atoms with E-state index in [1.165, 1.54) is 91.9 Å². The summed E-state index contributed by atoms with van der Waals surface area (Å²) in [6.45, 7) is 8.65. The molecule has 0 unspecified atom stereocenters. The van der Waals surface area contributed by atoms with Gasteiger partial charge in [-0.1, -0.05) is 72.8 Å². The lowest BCUT2D eigenvalue weighted by atomic mass is 9.90. The van der Waals surface area contributed by atoms with E-state index in [-0.39, 0.29) is 24.2 Å². The Morgan fingerprint density at radius 2 is 1.04 bits per heavy atom. The zero-order valence-electron chi connectivity index (χ0n) is 31.2. The number of rotatable bonds is 16. The van der Waals surface area contributed by atoms with Gasteiger partial charge in [-0.25, -0.2) is 0 Å².